The molecule has 0 aliphatic carbocycles. The van der Waals surface area contributed by atoms with Crippen molar-refractivity contribution < 1.29 is 8.42 Å². The summed E-state index contributed by atoms with van der Waals surface area (Å²) in [5.74, 6) is 0. The Morgan fingerprint density at radius 3 is 2.50 bits per heavy atom. The summed E-state index contributed by atoms with van der Waals surface area (Å²) >= 11 is 0. The van der Waals surface area contributed by atoms with E-state index in [2.05, 4.69) is 9.82 Å². The zero-order valence-electron chi connectivity index (χ0n) is 12.4. The number of nitrogens with zero attached hydrogens (tertiary/aromatic N) is 3. The van der Waals surface area contributed by atoms with Gasteiger partial charge in [-0.25, -0.2) is 0 Å². The number of benzene rings is 1. The van der Waals surface area contributed by atoms with Gasteiger partial charge in [-0.1, -0.05) is 24.3 Å². The molecule has 0 atom stereocenters. The molecule has 118 valence electrons. The molecule has 1 N–H and O–H groups in total. The van der Waals surface area contributed by atoms with Gasteiger partial charge >= 0.3 is 0 Å². The Hall–Kier alpha value is -1.70. The Morgan fingerprint density at radius 2 is 1.82 bits per heavy atom. The molecule has 3 rings (SSSR count). The van der Waals surface area contributed by atoms with Gasteiger partial charge < -0.3 is 0 Å². The van der Waals surface area contributed by atoms with E-state index in [0.29, 0.717) is 26.2 Å². The van der Waals surface area contributed by atoms with Crippen LogP contribution in [0, 0.1) is 0 Å². The van der Waals surface area contributed by atoms with E-state index in [-0.39, 0.29) is 0 Å². The van der Waals surface area contributed by atoms with E-state index in [4.69, 9.17) is 0 Å². The van der Waals surface area contributed by atoms with Crippen molar-refractivity contribution in [3.63, 3.8) is 0 Å². The standard InChI is InChI=1S/C15H20N4O2S/c20-22(21,19-10-3-4-11-19)17-12-14-6-1-2-7-15(14)13-18-9-5-8-16-18/h1-2,5-9,17H,3-4,10-13H2. The van der Waals surface area contributed by atoms with Crippen molar-refractivity contribution in [2.45, 2.75) is 25.9 Å². The van der Waals surface area contributed by atoms with Crippen molar-refractivity contribution in [2.24, 2.45) is 0 Å². The zero-order chi connectivity index (χ0) is 15.4. The fourth-order valence-corrected chi connectivity index (χ4v) is 3.90. The summed E-state index contributed by atoms with van der Waals surface area (Å²) in [6.45, 7) is 2.17. The van der Waals surface area contributed by atoms with Crippen molar-refractivity contribution in [3.05, 3.63) is 53.9 Å². The van der Waals surface area contributed by atoms with Crippen molar-refractivity contribution >= 4 is 10.2 Å². The van der Waals surface area contributed by atoms with Gasteiger partial charge in [-0.2, -0.15) is 22.5 Å². The highest BCUT2D eigenvalue weighted by atomic mass is 32.2. The van der Waals surface area contributed by atoms with Crippen LogP contribution in [0.1, 0.15) is 24.0 Å². The van der Waals surface area contributed by atoms with Gasteiger partial charge in [0.05, 0.1) is 6.54 Å². The first-order chi connectivity index (χ1) is 10.6. The van der Waals surface area contributed by atoms with Gasteiger partial charge in [0.2, 0.25) is 0 Å². The number of hydrogen-bond acceptors (Lipinski definition) is 3. The van der Waals surface area contributed by atoms with Crippen LogP contribution in [0.3, 0.4) is 0 Å². The summed E-state index contributed by atoms with van der Waals surface area (Å²) in [6, 6.07) is 9.70. The lowest BCUT2D eigenvalue weighted by Gasteiger charge is -2.17. The van der Waals surface area contributed by atoms with Crippen LogP contribution in [0.2, 0.25) is 0 Å². The molecule has 0 amide bonds. The van der Waals surface area contributed by atoms with Crippen LogP contribution in [0.15, 0.2) is 42.7 Å². The van der Waals surface area contributed by atoms with Crippen LogP contribution in [0.5, 0.6) is 0 Å². The molecule has 1 aromatic carbocycles. The summed E-state index contributed by atoms with van der Waals surface area (Å²) in [7, 11) is -3.38. The molecule has 6 nitrogen and oxygen atoms in total. The van der Waals surface area contributed by atoms with Gasteiger partial charge in [0.1, 0.15) is 0 Å². The van der Waals surface area contributed by atoms with Gasteiger partial charge in [-0.15, -0.1) is 0 Å². The minimum Gasteiger partial charge on any atom is -0.268 e. The summed E-state index contributed by atoms with van der Waals surface area (Å²) in [4.78, 5) is 0. The number of aromatic nitrogens is 2. The molecule has 0 bridgehead atoms. The van der Waals surface area contributed by atoms with E-state index >= 15 is 0 Å². The molecule has 7 heteroatoms. The third-order valence-corrected chi connectivity index (χ3v) is 5.41. The monoisotopic (exact) mass is 320 g/mol. The first-order valence-corrected chi connectivity index (χ1v) is 8.88. The Bertz CT molecular complexity index is 707. The molecule has 1 aliphatic rings. The van der Waals surface area contributed by atoms with E-state index in [1.54, 1.807) is 6.20 Å². The second-order valence-electron chi connectivity index (χ2n) is 5.40. The first kappa shape index (κ1) is 15.2. The summed E-state index contributed by atoms with van der Waals surface area (Å²) in [5.41, 5.74) is 2.04. The largest absolute Gasteiger partial charge is 0.279 e. The average Bonchev–Trinajstić information content (AvgIpc) is 3.20. The van der Waals surface area contributed by atoms with Gasteiger partial charge in [-0.05, 0) is 30.0 Å². The Kier molecular flexibility index (Phi) is 4.56. The average molecular weight is 320 g/mol. The van der Waals surface area contributed by atoms with Crippen LogP contribution >= 0.6 is 0 Å². The molecular formula is C15H20N4O2S. The SMILES string of the molecule is O=S(=O)(NCc1ccccc1Cn1cccn1)N1CCCC1. The fourth-order valence-electron chi connectivity index (χ4n) is 2.64. The molecule has 22 heavy (non-hydrogen) atoms. The molecule has 0 saturated carbocycles. The van der Waals surface area contributed by atoms with Crippen molar-refractivity contribution in [3.8, 4) is 0 Å². The second kappa shape index (κ2) is 6.60. The van der Waals surface area contributed by atoms with Crippen LogP contribution in [0.25, 0.3) is 0 Å². The fraction of sp³-hybridized carbons (Fsp3) is 0.400. The number of rotatable bonds is 6. The minimum atomic E-state index is -3.38. The molecule has 1 fully saturated rings. The Morgan fingerprint density at radius 1 is 1.09 bits per heavy atom. The van der Waals surface area contributed by atoms with E-state index in [1.165, 1.54) is 4.31 Å². The molecule has 2 aromatic rings. The van der Waals surface area contributed by atoms with E-state index in [9.17, 15) is 8.42 Å². The van der Waals surface area contributed by atoms with E-state index in [0.717, 1.165) is 24.0 Å². The van der Waals surface area contributed by atoms with E-state index in [1.807, 2.05) is 41.2 Å². The normalized spacial score (nSPS) is 16.2. The molecule has 0 unspecified atom stereocenters. The van der Waals surface area contributed by atoms with Gasteiger partial charge in [0, 0.05) is 32.0 Å². The molecule has 1 saturated heterocycles. The van der Waals surface area contributed by atoms with Gasteiger partial charge in [-0.3, -0.25) is 4.68 Å². The van der Waals surface area contributed by atoms with Gasteiger partial charge in [0.25, 0.3) is 10.2 Å². The van der Waals surface area contributed by atoms with Gasteiger partial charge in [0.15, 0.2) is 0 Å². The highest BCUT2D eigenvalue weighted by Gasteiger charge is 2.24. The first-order valence-electron chi connectivity index (χ1n) is 7.44. The maximum Gasteiger partial charge on any atom is 0.279 e. The topological polar surface area (TPSA) is 67.2 Å². The molecule has 2 heterocycles. The predicted molar refractivity (Wildman–Crippen MR) is 84.3 cm³/mol. The highest BCUT2D eigenvalue weighted by molar-refractivity contribution is 7.87. The maximum atomic E-state index is 12.2. The third-order valence-electron chi connectivity index (χ3n) is 3.86. The smallest absolute Gasteiger partial charge is 0.268 e. The van der Waals surface area contributed by atoms with Crippen LogP contribution < -0.4 is 4.72 Å². The maximum absolute atomic E-state index is 12.2. The van der Waals surface area contributed by atoms with Crippen LogP contribution in [0.4, 0.5) is 0 Å². The number of nitrogens with one attached hydrogen (secondary N) is 1. The quantitative estimate of drug-likeness (QED) is 0.874. The van der Waals surface area contributed by atoms with Crippen molar-refractivity contribution in [1.29, 1.82) is 0 Å². The molecule has 1 aromatic heterocycles. The lowest BCUT2D eigenvalue weighted by molar-refractivity contribution is 0.464. The summed E-state index contributed by atoms with van der Waals surface area (Å²) in [5, 5.41) is 4.19. The van der Waals surface area contributed by atoms with E-state index < -0.39 is 10.2 Å². The Balaban J connectivity index is 1.70. The summed E-state index contributed by atoms with van der Waals surface area (Å²) in [6.07, 6.45) is 5.51. The summed E-state index contributed by atoms with van der Waals surface area (Å²) < 4.78 is 30.5. The minimum absolute atomic E-state index is 0.302. The molecule has 0 spiro atoms. The lowest BCUT2D eigenvalue weighted by atomic mass is 10.1. The lowest BCUT2D eigenvalue weighted by Crippen LogP contribution is -2.38. The molecular weight excluding hydrogens is 300 g/mol. The third kappa shape index (κ3) is 3.55. The number of hydrogen-bond donors (Lipinski definition) is 1. The van der Waals surface area contributed by atoms with Crippen molar-refractivity contribution in [2.75, 3.05) is 13.1 Å². The highest BCUT2D eigenvalue weighted by Crippen LogP contribution is 2.14. The van der Waals surface area contributed by atoms with Crippen molar-refractivity contribution in [1.82, 2.24) is 18.8 Å². The van der Waals surface area contributed by atoms with Crippen LogP contribution in [-0.2, 0) is 23.3 Å². The van der Waals surface area contributed by atoms with Crippen LogP contribution in [-0.4, -0.2) is 35.6 Å². The molecule has 1 aliphatic heterocycles. The molecule has 0 radical (unpaired) electrons. The zero-order valence-corrected chi connectivity index (χ0v) is 13.2. The second-order valence-corrected chi connectivity index (χ2v) is 7.16. The Labute approximate surface area is 130 Å². The predicted octanol–water partition coefficient (Wildman–Crippen LogP) is 1.36.